The number of para-hydroxylation sites is 1. The summed E-state index contributed by atoms with van der Waals surface area (Å²) in [4.78, 5) is 20.5. The molecule has 9 heteroatoms. The van der Waals surface area contributed by atoms with Crippen molar-refractivity contribution in [3.63, 3.8) is 0 Å². The number of methoxy groups -OCH3 is 1. The third kappa shape index (κ3) is 5.02. The van der Waals surface area contributed by atoms with Gasteiger partial charge in [-0.15, -0.1) is 0 Å². The molecule has 1 aromatic carbocycles. The van der Waals surface area contributed by atoms with Crippen LogP contribution in [0.15, 0.2) is 24.3 Å². The fraction of sp³-hybridized carbons (Fsp3) is 0.438. The number of carbonyl (C=O) groups excluding carboxylic acids is 1. The molecule has 1 amide bonds. The van der Waals surface area contributed by atoms with Crippen LogP contribution < -0.4 is 10.2 Å². The molecule has 1 N–H and O–H groups in total. The number of hydrogen-bond acceptors (Lipinski definition) is 5. The second-order valence-corrected chi connectivity index (χ2v) is 5.44. The average molecular weight is 356 g/mol. The number of likely N-dealkylation sites (N-methyl/N-ethyl adjacent to an activating group) is 1. The molecule has 0 saturated carbocycles. The molecule has 0 unspecified atom stereocenters. The molecular weight excluding hydrogens is 337 g/mol. The number of fused-ring (bicyclic) bond motifs is 1. The summed E-state index contributed by atoms with van der Waals surface area (Å²) in [5.74, 6) is -1.48. The highest BCUT2D eigenvalue weighted by Gasteiger charge is 2.36. The van der Waals surface area contributed by atoms with Gasteiger partial charge in [0.05, 0.1) is 12.1 Å². The zero-order chi connectivity index (χ0) is 18.4. The number of ether oxygens (including phenoxy) is 1. The van der Waals surface area contributed by atoms with Crippen molar-refractivity contribution in [3.8, 4) is 0 Å². The van der Waals surface area contributed by atoms with Gasteiger partial charge in [-0.2, -0.15) is 13.2 Å². The summed E-state index contributed by atoms with van der Waals surface area (Å²) in [6.07, 6.45) is -4.01. The number of alkyl halides is 3. The third-order valence-corrected chi connectivity index (χ3v) is 3.43. The first-order valence-corrected chi connectivity index (χ1v) is 7.63. The van der Waals surface area contributed by atoms with Crippen LogP contribution in [0.2, 0.25) is 0 Å². The second kappa shape index (κ2) is 8.11. The summed E-state index contributed by atoms with van der Waals surface area (Å²) in [6, 6.07) is 6.38. The SMILES string of the molecule is COCCCNC(=O)CN(C)c1nc(C(F)(F)F)nc2ccccc12. The van der Waals surface area contributed by atoms with E-state index < -0.39 is 12.0 Å². The zero-order valence-electron chi connectivity index (χ0n) is 13.9. The molecule has 1 aromatic heterocycles. The minimum atomic E-state index is -4.66. The first kappa shape index (κ1) is 18.9. The molecule has 0 bridgehead atoms. The van der Waals surface area contributed by atoms with Crippen LogP contribution in [0.25, 0.3) is 10.9 Å². The van der Waals surface area contributed by atoms with Crippen LogP contribution in [0.5, 0.6) is 0 Å². The highest BCUT2D eigenvalue weighted by molar-refractivity contribution is 5.91. The number of rotatable bonds is 7. The Morgan fingerprint density at radius 1 is 1.28 bits per heavy atom. The van der Waals surface area contributed by atoms with E-state index in [1.54, 1.807) is 25.3 Å². The number of benzene rings is 1. The van der Waals surface area contributed by atoms with Crippen LogP contribution in [0.3, 0.4) is 0 Å². The quantitative estimate of drug-likeness (QED) is 0.771. The highest BCUT2D eigenvalue weighted by atomic mass is 19.4. The summed E-state index contributed by atoms with van der Waals surface area (Å²) in [6.45, 7) is 0.825. The summed E-state index contributed by atoms with van der Waals surface area (Å²) in [5, 5.41) is 3.13. The van der Waals surface area contributed by atoms with Crippen LogP contribution in [-0.2, 0) is 15.7 Å². The van der Waals surface area contributed by atoms with Gasteiger partial charge < -0.3 is 15.0 Å². The van der Waals surface area contributed by atoms with Crippen molar-refractivity contribution < 1.29 is 22.7 Å². The molecule has 25 heavy (non-hydrogen) atoms. The smallest absolute Gasteiger partial charge is 0.385 e. The van der Waals surface area contributed by atoms with Crippen molar-refractivity contribution in [3.05, 3.63) is 30.1 Å². The average Bonchev–Trinajstić information content (AvgIpc) is 2.56. The topological polar surface area (TPSA) is 67.3 Å². The lowest BCUT2D eigenvalue weighted by Gasteiger charge is -2.20. The van der Waals surface area contributed by atoms with E-state index in [2.05, 4.69) is 15.3 Å². The van der Waals surface area contributed by atoms with Gasteiger partial charge in [0, 0.05) is 32.7 Å². The molecule has 0 aliphatic heterocycles. The predicted molar refractivity (Wildman–Crippen MR) is 87.3 cm³/mol. The Labute approximate surface area is 143 Å². The fourth-order valence-corrected chi connectivity index (χ4v) is 2.27. The standard InChI is InChI=1S/C16H19F3N4O2/c1-23(10-13(24)20-8-5-9-25-2)14-11-6-3-4-7-12(11)21-15(22-14)16(17,18)19/h3-4,6-7H,5,8-10H2,1-2H3,(H,20,24). The highest BCUT2D eigenvalue weighted by Crippen LogP contribution is 2.31. The lowest BCUT2D eigenvalue weighted by atomic mass is 10.2. The normalized spacial score (nSPS) is 11.6. The van der Waals surface area contributed by atoms with Crippen molar-refractivity contribution in [2.75, 3.05) is 38.8 Å². The van der Waals surface area contributed by atoms with E-state index in [-0.39, 0.29) is 23.8 Å². The van der Waals surface area contributed by atoms with Crippen LogP contribution >= 0.6 is 0 Å². The summed E-state index contributed by atoms with van der Waals surface area (Å²) < 4.78 is 44.0. The van der Waals surface area contributed by atoms with Gasteiger partial charge in [0.2, 0.25) is 11.7 Å². The third-order valence-electron chi connectivity index (χ3n) is 3.43. The van der Waals surface area contributed by atoms with Gasteiger partial charge in [0.1, 0.15) is 5.82 Å². The lowest BCUT2D eigenvalue weighted by molar-refractivity contribution is -0.144. The van der Waals surface area contributed by atoms with Gasteiger partial charge >= 0.3 is 6.18 Å². The molecular formula is C16H19F3N4O2. The van der Waals surface area contributed by atoms with Crippen molar-refractivity contribution in [1.82, 2.24) is 15.3 Å². The molecule has 0 atom stereocenters. The number of halogens is 3. The van der Waals surface area contributed by atoms with E-state index in [9.17, 15) is 18.0 Å². The molecule has 6 nitrogen and oxygen atoms in total. The summed E-state index contributed by atoms with van der Waals surface area (Å²) in [5.41, 5.74) is 0.173. The Kier molecular flexibility index (Phi) is 6.13. The van der Waals surface area contributed by atoms with Crippen LogP contribution in [0, 0.1) is 0 Å². The van der Waals surface area contributed by atoms with Gasteiger partial charge in [-0.3, -0.25) is 4.79 Å². The minimum absolute atomic E-state index is 0.0602. The Morgan fingerprint density at radius 2 is 2.00 bits per heavy atom. The molecule has 0 aliphatic carbocycles. The van der Waals surface area contributed by atoms with Gasteiger partial charge in [0.25, 0.3) is 0 Å². The van der Waals surface area contributed by atoms with Gasteiger partial charge in [-0.1, -0.05) is 12.1 Å². The number of nitrogens with one attached hydrogen (secondary N) is 1. The van der Waals surface area contributed by atoms with Gasteiger partial charge in [-0.05, 0) is 18.6 Å². The fourth-order valence-electron chi connectivity index (χ4n) is 2.27. The number of nitrogens with zero attached hydrogens (tertiary/aromatic N) is 3. The lowest BCUT2D eigenvalue weighted by Crippen LogP contribution is -2.36. The van der Waals surface area contributed by atoms with Crippen LogP contribution in [-0.4, -0.2) is 49.7 Å². The van der Waals surface area contributed by atoms with Gasteiger partial charge in [-0.25, -0.2) is 9.97 Å². The molecule has 136 valence electrons. The minimum Gasteiger partial charge on any atom is -0.385 e. The second-order valence-electron chi connectivity index (χ2n) is 5.44. The zero-order valence-corrected chi connectivity index (χ0v) is 13.9. The van der Waals surface area contributed by atoms with E-state index in [4.69, 9.17) is 4.74 Å². The first-order valence-electron chi connectivity index (χ1n) is 7.63. The maximum absolute atomic E-state index is 13.0. The molecule has 1 heterocycles. The Hall–Kier alpha value is -2.42. The summed E-state index contributed by atoms with van der Waals surface area (Å²) in [7, 11) is 3.08. The molecule has 2 aromatic rings. The Bertz CT molecular complexity index is 737. The predicted octanol–water partition coefficient (Wildman–Crippen LogP) is 2.24. The van der Waals surface area contributed by atoms with Crippen molar-refractivity contribution >= 4 is 22.6 Å². The Morgan fingerprint density at radius 3 is 2.68 bits per heavy atom. The Balaban J connectivity index is 2.21. The monoisotopic (exact) mass is 356 g/mol. The number of aromatic nitrogens is 2. The molecule has 0 spiro atoms. The van der Waals surface area contributed by atoms with E-state index in [0.29, 0.717) is 25.0 Å². The number of anilines is 1. The largest absolute Gasteiger partial charge is 0.451 e. The molecule has 2 rings (SSSR count). The van der Waals surface area contributed by atoms with Gasteiger partial charge in [0.15, 0.2) is 0 Å². The maximum Gasteiger partial charge on any atom is 0.451 e. The van der Waals surface area contributed by atoms with E-state index in [1.807, 2.05) is 0 Å². The number of carbonyl (C=O) groups is 1. The summed E-state index contributed by atoms with van der Waals surface area (Å²) >= 11 is 0. The molecule has 0 fully saturated rings. The van der Waals surface area contributed by atoms with Crippen molar-refractivity contribution in [1.29, 1.82) is 0 Å². The number of hydrogen-bond donors (Lipinski definition) is 1. The number of amides is 1. The molecule has 0 radical (unpaired) electrons. The van der Waals surface area contributed by atoms with E-state index >= 15 is 0 Å². The van der Waals surface area contributed by atoms with E-state index in [0.717, 1.165) is 0 Å². The van der Waals surface area contributed by atoms with Crippen LogP contribution in [0.1, 0.15) is 12.2 Å². The van der Waals surface area contributed by atoms with Crippen LogP contribution in [0.4, 0.5) is 19.0 Å². The first-order chi connectivity index (χ1) is 11.8. The van der Waals surface area contributed by atoms with Crippen molar-refractivity contribution in [2.45, 2.75) is 12.6 Å². The maximum atomic E-state index is 13.0. The van der Waals surface area contributed by atoms with Crippen molar-refractivity contribution in [2.24, 2.45) is 0 Å². The molecule has 0 saturated heterocycles. The van der Waals surface area contributed by atoms with E-state index in [1.165, 1.54) is 18.0 Å². The molecule has 0 aliphatic rings.